The van der Waals surface area contributed by atoms with Crippen LogP contribution in [0.3, 0.4) is 0 Å². The molecule has 0 aromatic carbocycles. The van der Waals surface area contributed by atoms with E-state index < -0.39 is 0 Å². The van der Waals surface area contributed by atoms with Crippen molar-refractivity contribution in [2.75, 3.05) is 19.6 Å². The maximum Gasteiger partial charge on any atom is 0.133 e. The van der Waals surface area contributed by atoms with Gasteiger partial charge in [-0.05, 0) is 6.42 Å². The van der Waals surface area contributed by atoms with Gasteiger partial charge in [-0.1, -0.05) is 5.16 Å². The van der Waals surface area contributed by atoms with E-state index in [4.69, 9.17) is 9.93 Å². The summed E-state index contributed by atoms with van der Waals surface area (Å²) in [5, 5.41) is 18.6. The molecule has 0 radical (unpaired) electrons. The summed E-state index contributed by atoms with van der Waals surface area (Å²) in [6, 6.07) is 0. The second kappa shape index (κ2) is 3.75. The third kappa shape index (κ3) is 1.44. The standard InChI is InChI=1S/C11H14N4O/c12-9-2-3-13-5-8(9)11-10-7(1-4-14-11)6-16-15-10/h6,12-14H,1-5H2/b11-8-,12-9?. The van der Waals surface area contributed by atoms with Crippen LogP contribution < -0.4 is 10.6 Å². The fraction of sp³-hybridized carbons (Fsp3) is 0.455. The van der Waals surface area contributed by atoms with Crippen molar-refractivity contribution in [2.45, 2.75) is 12.8 Å². The lowest BCUT2D eigenvalue weighted by Gasteiger charge is -2.24. The molecule has 0 bridgehead atoms. The minimum Gasteiger partial charge on any atom is -0.383 e. The van der Waals surface area contributed by atoms with Gasteiger partial charge in [-0.25, -0.2) is 0 Å². The van der Waals surface area contributed by atoms with Gasteiger partial charge in [-0.15, -0.1) is 0 Å². The van der Waals surface area contributed by atoms with Crippen LogP contribution in [-0.2, 0) is 6.42 Å². The predicted octanol–water partition coefficient (Wildman–Crippen LogP) is 0.544. The zero-order valence-electron chi connectivity index (χ0n) is 8.97. The Morgan fingerprint density at radius 1 is 1.31 bits per heavy atom. The van der Waals surface area contributed by atoms with E-state index in [-0.39, 0.29) is 0 Å². The second-order valence-corrected chi connectivity index (χ2v) is 4.12. The summed E-state index contributed by atoms with van der Waals surface area (Å²) in [6.07, 6.45) is 3.43. The maximum absolute atomic E-state index is 7.98. The van der Waals surface area contributed by atoms with Gasteiger partial charge >= 0.3 is 0 Å². The first kappa shape index (κ1) is 9.59. The first-order chi connectivity index (χ1) is 7.86. The Balaban J connectivity index is 2.07. The average molecular weight is 218 g/mol. The highest BCUT2D eigenvalue weighted by Crippen LogP contribution is 2.24. The Morgan fingerprint density at radius 2 is 2.25 bits per heavy atom. The van der Waals surface area contributed by atoms with E-state index in [0.29, 0.717) is 5.71 Å². The molecule has 3 rings (SSSR count). The summed E-state index contributed by atoms with van der Waals surface area (Å²) in [6.45, 7) is 2.52. The molecule has 2 aliphatic rings. The molecule has 0 amide bonds. The number of nitrogens with zero attached hydrogens (tertiary/aromatic N) is 1. The Bertz CT molecular complexity index is 460. The van der Waals surface area contributed by atoms with Gasteiger partial charge in [-0.2, -0.15) is 0 Å². The fourth-order valence-electron chi connectivity index (χ4n) is 2.22. The molecule has 0 saturated carbocycles. The molecule has 1 fully saturated rings. The maximum atomic E-state index is 7.98. The van der Waals surface area contributed by atoms with Crippen molar-refractivity contribution >= 4 is 11.4 Å². The zero-order chi connectivity index (χ0) is 11.0. The lowest BCUT2D eigenvalue weighted by molar-refractivity contribution is 0.417. The largest absolute Gasteiger partial charge is 0.383 e. The molecule has 0 spiro atoms. The van der Waals surface area contributed by atoms with E-state index in [2.05, 4.69) is 15.8 Å². The van der Waals surface area contributed by atoms with Crippen LogP contribution in [-0.4, -0.2) is 30.5 Å². The van der Waals surface area contributed by atoms with Gasteiger partial charge in [0, 0.05) is 42.9 Å². The van der Waals surface area contributed by atoms with E-state index in [1.807, 2.05) is 0 Å². The summed E-state index contributed by atoms with van der Waals surface area (Å²) in [5.41, 5.74) is 4.74. The van der Waals surface area contributed by atoms with E-state index in [1.54, 1.807) is 6.26 Å². The SMILES string of the molecule is N=C1CCNC/C1=C1/NCCc2conc21. The predicted molar refractivity (Wildman–Crippen MR) is 60.3 cm³/mol. The minimum atomic E-state index is 0.706. The normalized spacial score (nSPS) is 25.1. The molecule has 0 aliphatic carbocycles. The number of hydrogen-bond donors (Lipinski definition) is 3. The van der Waals surface area contributed by atoms with E-state index in [0.717, 1.165) is 55.0 Å². The molecule has 3 heterocycles. The molecule has 1 aromatic rings. The lowest BCUT2D eigenvalue weighted by atomic mass is 9.96. The first-order valence-electron chi connectivity index (χ1n) is 5.55. The van der Waals surface area contributed by atoms with Crippen LogP contribution in [0, 0.1) is 5.41 Å². The third-order valence-electron chi connectivity index (χ3n) is 3.10. The molecular weight excluding hydrogens is 204 g/mol. The topological polar surface area (TPSA) is 73.9 Å². The molecule has 5 nitrogen and oxygen atoms in total. The Hall–Kier alpha value is -1.62. The molecule has 16 heavy (non-hydrogen) atoms. The van der Waals surface area contributed by atoms with Crippen LogP contribution in [0.4, 0.5) is 0 Å². The molecule has 2 aliphatic heterocycles. The van der Waals surface area contributed by atoms with Gasteiger partial charge in [-0.3, -0.25) is 0 Å². The van der Waals surface area contributed by atoms with Crippen LogP contribution in [0.5, 0.6) is 0 Å². The van der Waals surface area contributed by atoms with Crippen LogP contribution in [0.25, 0.3) is 5.70 Å². The molecule has 1 aromatic heterocycles. The fourth-order valence-corrected chi connectivity index (χ4v) is 2.22. The molecule has 1 saturated heterocycles. The Kier molecular flexibility index (Phi) is 2.25. The van der Waals surface area contributed by atoms with Crippen LogP contribution >= 0.6 is 0 Å². The van der Waals surface area contributed by atoms with Crippen LogP contribution in [0.15, 0.2) is 16.4 Å². The van der Waals surface area contributed by atoms with Gasteiger partial charge in [0.05, 0.1) is 5.70 Å². The van der Waals surface area contributed by atoms with Crippen molar-refractivity contribution in [3.8, 4) is 0 Å². The number of fused-ring (bicyclic) bond motifs is 1. The molecule has 3 N–H and O–H groups in total. The number of piperidine rings is 1. The van der Waals surface area contributed by atoms with Gasteiger partial charge in [0.1, 0.15) is 12.0 Å². The van der Waals surface area contributed by atoms with Crippen molar-refractivity contribution in [1.82, 2.24) is 15.8 Å². The summed E-state index contributed by atoms with van der Waals surface area (Å²) in [4.78, 5) is 0. The first-order valence-corrected chi connectivity index (χ1v) is 5.55. The molecule has 5 heteroatoms. The zero-order valence-corrected chi connectivity index (χ0v) is 8.97. The summed E-state index contributed by atoms with van der Waals surface area (Å²) < 4.78 is 5.01. The van der Waals surface area contributed by atoms with Crippen molar-refractivity contribution in [3.63, 3.8) is 0 Å². The lowest BCUT2D eigenvalue weighted by Crippen LogP contribution is -2.34. The third-order valence-corrected chi connectivity index (χ3v) is 3.10. The highest BCUT2D eigenvalue weighted by atomic mass is 16.5. The van der Waals surface area contributed by atoms with Crippen molar-refractivity contribution in [2.24, 2.45) is 0 Å². The summed E-state index contributed by atoms with van der Waals surface area (Å²) >= 11 is 0. The average Bonchev–Trinajstić information content (AvgIpc) is 2.77. The van der Waals surface area contributed by atoms with Gasteiger partial charge in [0.25, 0.3) is 0 Å². The van der Waals surface area contributed by atoms with E-state index in [9.17, 15) is 0 Å². The number of aromatic nitrogens is 1. The number of nitrogens with one attached hydrogen (secondary N) is 3. The summed E-state index contributed by atoms with van der Waals surface area (Å²) in [5.74, 6) is 0. The molecule has 84 valence electrons. The van der Waals surface area contributed by atoms with Crippen molar-refractivity contribution in [1.29, 1.82) is 5.41 Å². The summed E-state index contributed by atoms with van der Waals surface area (Å²) in [7, 11) is 0. The Labute approximate surface area is 93.4 Å². The minimum absolute atomic E-state index is 0.706. The monoisotopic (exact) mass is 218 g/mol. The number of rotatable bonds is 0. The van der Waals surface area contributed by atoms with Gasteiger partial charge in [0.2, 0.25) is 0 Å². The smallest absolute Gasteiger partial charge is 0.133 e. The van der Waals surface area contributed by atoms with Crippen molar-refractivity contribution < 1.29 is 4.52 Å². The number of hydrogen-bond acceptors (Lipinski definition) is 5. The van der Waals surface area contributed by atoms with Crippen LogP contribution in [0.2, 0.25) is 0 Å². The molecule has 0 unspecified atom stereocenters. The molecule has 0 atom stereocenters. The molecular formula is C11H14N4O. The quantitative estimate of drug-likeness (QED) is 0.594. The highest BCUT2D eigenvalue weighted by molar-refractivity contribution is 6.05. The second-order valence-electron chi connectivity index (χ2n) is 4.12. The van der Waals surface area contributed by atoms with E-state index in [1.165, 1.54) is 0 Å². The van der Waals surface area contributed by atoms with E-state index >= 15 is 0 Å². The van der Waals surface area contributed by atoms with Crippen molar-refractivity contribution in [3.05, 3.63) is 23.1 Å². The van der Waals surface area contributed by atoms with Crippen LogP contribution in [0.1, 0.15) is 17.7 Å². The highest BCUT2D eigenvalue weighted by Gasteiger charge is 2.24. The van der Waals surface area contributed by atoms with Gasteiger partial charge in [0.15, 0.2) is 0 Å². The Morgan fingerprint density at radius 3 is 3.12 bits per heavy atom. The van der Waals surface area contributed by atoms with Gasteiger partial charge < -0.3 is 20.6 Å².